The molecule has 0 fully saturated rings. The van der Waals surface area contributed by atoms with E-state index in [0.717, 1.165) is 40.1 Å². The van der Waals surface area contributed by atoms with Gasteiger partial charge in [0.25, 0.3) is 0 Å². The van der Waals surface area contributed by atoms with Gasteiger partial charge in [-0.05, 0) is 31.9 Å². The van der Waals surface area contributed by atoms with Crippen molar-refractivity contribution in [1.82, 2.24) is 9.55 Å². The molecule has 1 aliphatic rings. The van der Waals surface area contributed by atoms with Crippen LogP contribution in [0.1, 0.15) is 17.9 Å². The molecule has 2 aromatic heterocycles. The van der Waals surface area contributed by atoms with Crippen LogP contribution in [0.2, 0.25) is 4.34 Å². The van der Waals surface area contributed by atoms with Crippen molar-refractivity contribution in [3.8, 4) is 10.6 Å². The fraction of sp³-hybridized carbons (Fsp3) is 0.417. The molecule has 3 nitrogen and oxygen atoms in total. The molecule has 1 aliphatic heterocycles. The SMILES string of the molecule is Cc1nc(-c2ccc(Cl)s2)c2n1CC(N)CC2. The highest BCUT2D eigenvalue weighted by atomic mass is 35.5. The molecular formula is C12H14ClN3S. The first-order valence-electron chi connectivity index (χ1n) is 5.72. The third-order valence-electron chi connectivity index (χ3n) is 3.24. The van der Waals surface area contributed by atoms with Crippen LogP contribution in [0.4, 0.5) is 0 Å². The van der Waals surface area contributed by atoms with Crippen molar-refractivity contribution in [2.24, 2.45) is 5.73 Å². The molecule has 3 heterocycles. The van der Waals surface area contributed by atoms with Crippen molar-refractivity contribution >= 4 is 22.9 Å². The Morgan fingerprint density at radius 1 is 1.53 bits per heavy atom. The summed E-state index contributed by atoms with van der Waals surface area (Å²) in [5.41, 5.74) is 8.40. The van der Waals surface area contributed by atoms with E-state index in [1.165, 1.54) is 5.69 Å². The Morgan fingerprint density at radius 2 is 2.35 bits per heavy atom. The Hall–Kier alpha value is -0.840. The lowest BCUT2D eigenvalue weighted by Gasteiger charge is -2.22. The second kappa shape index (κ2) is 4.12. The van der Waals surface area contributed by atoms with Gasteiger partial charge in [0.2, 0.25) is 0 Å². The molecule has 0 aliphatic carbocycles. The van der Waals surface area contributed by atoms with Crippen LogP contribution in [0.3, 0.4) is 0 Å². The Balaban J connectivity index is 2.10. The molecule has 0 amide bonds. The van der Waals surface area contributed by atoms with E-state index >= 15 is 0 Å². The summed E-state index contributed by atoms with van der Waals surface area (Å²) < 4.78 is 3.06. The Morgan fingerprint density at radius 3 is 3.06 bits per heavy atom. The number of nitrogens with zero attached hydrogens (tertiary/aromatic N) is 2. The lowest BCUT2D eigenvalue weighted by atomic mass is 10.0. The van der Waals surface area contributed by atoms with Gasteiger partial charge in [-0.3, -0.25) is 0 Å². The second-order valence-electron chi connectivity index (χ2n) is 4.47. The predicted molar refractivity (Wildman–Crippen MR) is 71.6 cm³/mol. The number of hydrogen-bond acceptors (Lipinski definition) is 3. The summed E-state index contributed by atoms with van der Waals surface area (Å²) in [5, 5.41) is 0. The summed E-state index contributed by atoms with van der Waals surface area (Å²) in [6.45, 7) is 2.92. The van der Waals surface area contributed by atoms with E-state index < -0.39 is 0 Å². The molecule has 0 bridgehead atoms. The minimum atomic E-state index is 0.259. The van der Waals surface area contributed by atoms with Gasteiger partial charge in [-0.15, -0.1) is 11.3 Å². The average Bonchev–Trinajstić information content (AvgIpc) is 2.84. The first-order chi connectivity index (χ1) is 8.15. The molecule has 1 atom stereocenters. The van der Waals surface area contributed by atoms with E-state index in [9.17, 15) is 0 Å². The van der Waals surface area contributed by atoms with Crippen LogP contribution in [0.5, 0.6) is 0 Å². The summed E-state index contributed by atoms with van der Waals surface area (Å²) in [7, 11) is 0. The summed E-state index contributed by atoms with van der Waals surface area (Å²) in [6.07, 6.45) is 2.05. The number of hydrogen-bond donors (Lipinski definition) is 1. The molecule has 0 saturated heterocycles. The van der Waals surface area contributed by atoms with Crippen molar-refractivity contribution in [2.75, 3.05) is 0 Å². The molecule has 0 radical (unpaired) electrons. The molecule has 0 aromatic carbocycles. The maximum Gasteiger partial charge on any atom is 0.106 e. The van der Waals surface area contributed by atoms with Gasteiger partial charge >= 0.3 is 0 Å². The number of halogens is 1. The summed E-state index contributed by atoms with van der Waals surface area (Å²) >= 11 is 7.57. The van der Waals surface area contributed by atoms with Gasteiger partial charge in [0.15, 0.2) is 0 Å². The predicted octanol–water partition coefficient (Wildman–Crippen LogP) is 2.85. The fourth-order valence-corrected chi connectivity index (χ4v) is 3.45. The smallest absolute Gasteiger partial charge is 0.106 e. The van der Waals surface area contributed by atoms with Gasteiger partial charge in [-0.2, -0.15) is 0 Å². The Kier molecular flexibility index (Phi) is 2.73. The van der Waals surface area contributed by atoms with Gasteiger partial charge in [0.1, 0.15) is 11.5 Å². The number of nitrogens with two attached hydrogens (primary N) is 1. The molecular weight excluding hydrogens is 254 g/mol. The summed E-state index contributed by atoms with van der Waals surface area (Å²) in [5.74, 6) is 1.05. The average molecular weight is 268 g/mol. The Bertz CT molecular complexity index is 558. The van der Waals surface area contributed by atoms with Gasteiger partial charge in [-0.25, -0.2) is 4.98 Å². The molecule has 17 heavy (non-hydrogen) atoms. The van der Waals surface area contributed by atoms with E-state index in [4.69, 9.17) is 17.3 Å². The Labute approximate surface area is 109 Å². The van der Waals surface area contributed by atoms with Crippen LogP contribution < -0.4 is 5.73 Å². The summed E-state index contributed by atoms with van der Waals surface area (Å²) in [6, 6.07) is 4.23. The number of imidazole rings is 1. The van der Waals surface area contributed by atoms with E-state index in [2.05, 4.69) is 9.55 Å². The quantitative estimate of drug-likeness (QED) is 0.863. The number of fused-ring (bicyclic) bond motifs is 1. The van der Waals surface area contributed by atoms with E-state index in [-0.39, 0.29) is 6.04 Å². The monoisotopic (exact) mass is 267 g/mol. The summed E-state index contributed by atoms with van der Waals surface area (Å²) in [4.78, 5) is 5.82. The maximum atomic E-state index is 6.00. The van der Waals surface area contributed by atoms with Crippen LogP contribution in [0, 0.1) is 6.92 Å². The molecule has 1 unspecified atom stereocenters. The number of aromatic nitrogens is 2. The highest BCUT2D eigenvalue weighted by molar-refractivity contribution is 7.19. The van der Waals surface area contributed by atoms with Crippen molar-refractivity contribution in [3.63, 3.8) is 0 Å². The zero-order valence-electron chi connectivity index (χ0n) is 9.61. The topological polar surface area (TPSA) is 43.8 Å². The second-order valence-corrected chi connectivity index (χ2v) is 6.18. The van der Waals surface area contributed by atoms with Gasteiger partial charge < -0.3 is 10.3 Å². The third kappa shape index (κ3) is 1.90. The molecule has 2 aromatic rings. The normalized spacial score (nSPS) is 19.4. The number of rotatable bonds is 1. The molecule has 2 N–H and O–H groups in total. The van der Waals surface area contributed by atoms with Gasteiger partial charge in [-0.1, -0.05) is 11.6 Å². The lowest BCUT2D eigenvalue weighted by Crippen LogP contribution is -2.32. The van der Waals surface area contributed by atoms with Crippen LogP contribution in [-0.4, -0.2) is 15.6 Å². The molecule has 3 rings (SSSR count). The van der Waals surface area contributed by atoms with Crippen LogP contribution in [0.25, 0.3) is 10.6 Å². The lowest BCUT2D eigenvalue weighted by molar-refractivity contribution is 0.454. The van der Waals surface area contributed by atoms with Gasteiger partial charge in [0, 0.05) is 18.3 Å². The largest absolute Gasteiger partial charge is 0.330 e. The fourth-order valence-electron chi connectivity index (χ4n) is 2.39. The number of thiophene rings is 1. The minimum absolute atomic E-state index is 0.259. The van der Waals surface area contributed by atoms with Crippen LogP contribution in [-0.2, 0) is 13.0 Å². The van der Waals surface area contributed by atoms with Crippen LogP contribution in [0.15, 0.2) is 12.1 Å². The van der Waals surface area contributed by atoms with Crippen molar-refractivity contribution in [2.45, 2.75) is 32.4 Å². The number of aryl methyl sites for hydroxylation is 1. The van der Waals surface area contributed by atoms with E-state index in [1.54, 1.807) is 11.3 Å². The van der Waals surface area contributed by atoms with Crippen molar-refractivity contribution < 1.29 is 0 Å². The highest BCUT2D eigenvalue weighted by Gasteiger charge is 2.23. The molecule has 0 spiro atoms. The standard InChI is InChI=1S/C12H14ClN3S/c1-7-15-12(10-4-5-11(13)17-10)9-3-2-8(14)6-16(7)9/h4-5,8H,2-3,6,14H2,1H3. The molecule has 5 heteroatoms. The first-order valence-corrected chi connectivity index (χ1v) is 6.92. The minimum Gasteiger partial charge on any atom is -0.330 e. The zero-order valence-corrected chi connectivity index (χ0v) is 11.2. The van der Waals surface area contributed by atoms with Gasteiger partial charge in [0.05, 0.1) is 9.21 Å². The maximum absolute atomic E-state index is 6.00. The van der Waals surface area contributed by atoms with E-state index in [1.807, 2.05) is 19.1 Å². The third-order valence-corrected chi connectivity index (χ3v) is 4.48. The zero-order chi connectivity index (χ0) is 12.0. The van der Waals surface area contributed by atoms with Crippen molar-refractivity contribution in [1.29, 1.82) is 0 Å². The molecule has 90 valence electrons. The van der Waals surface area contributed by atoms with Crippen molar-refractivity contribution in [3.05, 3.63) is 28.0 Å². The molecule has 0 saturated carbocycles. The highest BCUT2D eigenvalue weighted by Crippen LogP contribution is 2.34. The van der Waals surface area contributed by atoms with E-state index in [0.29, 0.717) is 0 Å². The van der Waals surface area contributed by atoms with Crippen LogP contribution >= 0.6 is 22.9 Å². The first kappa shape index (κ1) is 11.3.